The van der Waals surface area contributed by atoms with Crippen LogP contribution in [0.3, 0.4) is 0 Å². The van der Waals surface area contributed by atoms with Crippen molar-refractivity contribution in [3.05, 3.63) is 47.0 Å². The lowest BCUT2D eigenvalue weighted by Gasteiger charge is -2.23. The van der Waals surface area contributed by atoms with E-state index in [1.165, 1.54) is 4.68 Å². The van der Waals surface area contributed by atoms with E-state index in [1.807, 2.05) is 0 Å². The van der Waals surface area contributed by atoms with E-state index >= 15 is 0 Å². The molecule has 0 radical (unpaired) electrons. The van der Waals surface area contributed by atoms with Gasteiger partial charge in [0, 0.05) is 12.5 Å². The average molecular weight is 424 g/mol. The Morgan fingerprint density at radius 3 is 2.33 bits per heavy atom. The van der Waals surface area contributed by atoms with E-state index in [9.17, 15) is 18.4 Å². The van der Waals surface area contributed by atoms with E-state index in [4.69, 9.17) is 9.47 Å². The van der Waals surface area contributed by atoms with Crippen LogP contribution in [0.5, 0.6) is 0 Å². The van der Waals surface area contributed by atoms with Crippen LogP contribution < -0.4 is 5.32 Å². The minimum absolute atomic E-state index is 0.0169. The molecule has 10 heteroatoms. The Hall–Kier alpha value is -3.04. The van der Waals surface area contributed by atoms with E-state index in [1.54, 1.807) is 34.6 Å². The zero-order valence-electron chi connectivity index (χ0n) is 17.7. The van der Waals surface area contributed by atoms with E-state index in [0.29, 0.717) is 12.0 Å². The molecule has 0 fully saturated rings. The van der Waals surface area contributed by atoms with E-state index < -0.39 is 35.5 Å². The fourth-order valence-electron chi connectivity index (χ4n) is 2.67. The lowest BCUT2D eigenvalue weighted by atomic mass is 10.1. The molecule has 0 spiro atoms. The summed E-state index contributed by atoms with van der Waals surface area (Å²) in [5.74, 6) is -2.17. The first-order valence-corrected chi connectivity index (χ1v) is 9.59. The molecule has 0 aliphatic rings. The van der Waals surface area contributed by atoms with Gasteiger partial charge in [-0.1, -0.05) is 6.92 Å². The lowest BCUT2D eigenvalue weighted by molar-refractivity contribution is 0.0438. The third-order valence-corrected chi connectivity index (χ3v) is 3.78. The minimum atomic E-state index is -0.746. The summed E-state index contributed by atoms with van der Waals surface area (Å²) in [4.78, 5) is 28.7. The number of ether oxygens (including phenoxy) is 2. The van der Waals surface area contributed by atoms with Gasteiger partial charge in [0.25, 0.3) is 0 Å². The topological polar surface area (TPSA) is 95.3 Å². The molecule has 1 amide bonds. The van der Waals surface area contributed by atoms with Crippen LogP contribution in [0.25, 0.3) is 0 Å². The molecule has 1 heterocycles. The zero-order chi connectivity index (χ0) is 22.5. The number of rotatable bonds is 7. The molecular weight excluding hydrogens is 398 g/mol. The molecule has 1 atom stereocenters. The number of hydrogen-bond acceptors (Lipinski definition) is 6. The van der Waals surface area contributed by atoms with Gasteiger partial charge in [0.1, 0.15) is 23.4 Å². The summed E-state index contributed by atoms with van der Waals surface area (Å²) in [6.45, 7) is 8.72. The third-order valence-electron chi connectivity index (χ3n) is 3.78. The summed E-state index contributed by atoms with van der Waals surface area (Å²) in [5.41, 5.74) is -0.408. The van der Waals surface area contributed by atoms with Gasteiger partial charge in [-0.25, -0.2) is 28.0 Å². The fourth-order valence-corrected chi connectivity index (χ4v) is 2.67. The predicted octanol–water partition coefficient (Wildman–Crippen LogP) is 3.76. The molecule has 2 aromatic rings. The quantitative estimate of drug-likeness (QED) is 0.680. The second-order valence-electron chi connectivity index (χ2n) is 7.54. The Morgan fingerprint density at radius 1 is 1.17 bits per heavy atom. The molecule has 0 saturated heterocycles. The van der Waals surface area contributed by atoms with Crippen molar-refractivity contribution in [1.82, 2.24) is 20.1 Å². The van der Waals surface area contributed by atoms with Gasteiger partial charge in [-0.3, -0.25) is 5.32 Å². The Labute approximate surface area is 173 Å². The van der Waals surface area contributed by atoms with Gasteiger partial charge < -0.3 is 9.47 Å². The Morgan fingerprint density at radius 2 is 1.80 bits per heavy atom. The molecule has 0 aliphatic carbocycles. The van der Waals surface area contributed by atoms with Crippen LogP contribution in [0.2, 0.25) is 0 Å². The summed E-state index contributed by atoms with van der Waals surface area (Å²) >= 11 is 0. The molecule has 164 valence electrons. The molecule has 30 heavy (non-hydrogen) atoms. The second kappa shape index (κ2) is 9.64. The highest BCUT2D eigenvalue weighted by atomic mass is 19.1. The maximum Gasteiger partial charge on any atom is 0.409 e. The van der Waals surface area contributed by atoms with Gasteiger partial charge in [-0.15, -0.1) is 0 Å². The molecular formula is C20H26F2N4O4. The number of hydrogen-bond donors (Lipinski definition) is 1. The Balaban J connectivity index is 2.35. The van der Waals surface area contributed by atoms with Crippen molar-refractivity contribution in [2.75, 3.05) is 6.61 Å². The number of amides is 1. The highest BCUT2D eigenvalue weighted by molar-refractivity contribution is 5.85. The van der Waals surface area contributed by atoms with Gasteiger partial charge in [0.2, 0.25) is 5.82 Å². The van der Waals surface area contributed by atoms with Crippen molar-refractivity contribution in [2.45, 2.75) is 59.2 Å². The van der Waals surface area contributed by atoms with E-state index in [0.717, 1.165) is 18.2 Å². The normalized spacial score (nSPS) is 12.4. The van der Waals surface area contributed by atoms with Crippen LogP contribution in [0, 0.1) is 11.6 Å². The van der Waals surface area contributed by atoms with E-state index in [-0.39, 0.29) is 24.7 Å². The molecule has 0 saturated carbocycles. The van der Waals surface area contributed by atoms with Crippen LogP contribution in [-0.2, 0) is 15.9 Å². The number of nitrogens with one attached hydrogen (secondary N) is 1. The largest absolute Gasteiger partial charge is 0.460 e. The maximum atomic E-state index is 13.5. The number of alkyl carbamates (subject to hydrolysis) is 1. The van der Waals surface area contributed by atoms with Crippen molar-refractivity contribution in [1.29, 1.82) is 0 Å². The van der Waals surface area contributed by atoms with Crippen LogP contribution in [0.15, 0.2) is 18.2 Å². The molecule has 1 N–H and O–H groups in total. The molecule has 1 unspecified atom stereocenters. The van der Waals surface area contributed by atoms with Crippen molar-refractivity contribution >= 4 is 12.1 Å². The average Bonchev–Trinajstić information content (AvgIpc) is 3.01. The molecule has 1 aromatic heterocycles. The number of esters is 1. The standard InChI is InChI=1S/C20H26F2N4O4/c1-6-16(24-19(28)30-20(3,4)5)26-17(18(27)29-7-2)23-15(25-26)10-12-8-13(21)11-14(22)9-12/h8-9,11,16H,6-7,10H2,1-5H3,(H,24,28). The number of carbonyl (C=O) groups excluding carboxylic acids is 2. The second-order valence-corrected chi connectivity index (χ2v) is 7.54. The molecule has 2 rings (SSSR count). The van der Waals surface area contributed by atoms with Gasteiger partial charge in [0.05, 0.1) is 6.61 Å². The Bertz CT molecular complexity index is 888. The minimum Gasteiger partial charge on any atom is -0.460 e. The third kappa shape index (κ3) is 6.50. The van der Waals surface area contributed by atoms with Gasteiger partial charge in [0.15, 0.2) is 5.82 Å². The summed E-state index contributed by atoms with van der Waals surface area (Å²) in [6.07, 6.45) is -1.09. The number of nitrogens with zero attached hydrogens (tertiary/aromatic N) is 3. The monoisotopic (exact) mass is 424 g/mol. The molecule has 0 aliphatic heterocycles. The Kier molecular flexibility index (Phi) is 7.47. The number of benzene rings is 1. The first-order chi connectivity index (χ1) is 14.0. The fraction of sp³-hybridized carbons (Fsp3) is 0.500. The number of aromatic nitrogens is 3. The van der Waals surface area contributed by atoms with Crippen molar-refractivity contribution in [3.8, 4) is 0 Å². The van der Waals surface area contributed by atoms with Gasteiger partial charge >= 0.3 is 12.1 Å². The van der Waals surface area contributed by atoms with E-state index in [2.05, 4.69) is 15.4 Å². The number of carbonyl (C=O) groups is 2. The van der Waals surface area contributed by atoms with Crippen molar-refractivity contribution in [3.63, 3.8) is 0 Å². The summed E-state index contributed by atoms with van der Waals surface area (Å²) in [7, 11) is 0. The highest BCUT2D eigenvalue weighted by Crippen LogP contribution is 2.17. The first kappa shape index (κ1) is 23.2. The molecule has 8 nitrogen and oxygen atoms in total. The first-order valence-electron chi connectivity index (χ1n) is 9.59. The lowest BCUT2D eigenvalue weighted by Crippen LogP contribution is -2.38. The van der Waals surface area contributed by atoms with Crippen molar-refractivity contribution < 1.29 is 27.8 Å². The summed E-state index contributed by atoms with van der Waals surface area (Å²) < 4.78 is 38.5. The van der Waals surface area contributed by atoms with Crippen LogP contribution in [0.1, 0.15) is 69.2 Å². The number of halogens is 2. The zero-order valence-corrected chi connectivity index (χ0v) is 17.7. The summed E-state index contributed by atoms with van der Waals surface area (Å²) in [6, 6.07) is 3.07. The summed E-state index contributed by atoms with van der Waals surface area (Å²) in [5, 5.41) is 6.92. The van der Waals surface area contributed by atoms with Gasteiger partial charge in [-0.2, -0.15) is 5.10 Å². The SMILES string of the molecule is CCOC(=O)c1nc(Cc2cc(F)cc(F)c2)nn1C(CC)NC(=O)OC(C)(C)C. The van der Waals surface area contributed by atoms with Crippen LogP contribution in [-0.4, -0.2) is 39.0 Å². The predicted molar refractivity (Wildman–Crippen MR) is 104 cm³/mol. The van der Waals surface area contributed by atoms with Crippen molar-refractivity contribution in [2.24, 2.45) is 0 Å². The van der Waals surface area contributed by atoms with Gasteiger partial charge in [-0.05, 0) is 51.8 Å². The molecule has 0 bridgehead atoms. The maximum absolute atomic E-state index is 13.5. The molecule has 1 aromatic carbocycles. The van der Waals surface area contributed by atoms with Crippen LogP contribution >= 0.6 is 0 Å². The highest BCUT2D eigenvalue weighted by Gasteiger charge is 2.26. The smallest absolute Gasteiger partial charge is 0.409 e. The van der Waals surface area contributed by atoms with Crippen LogP contribution in [0.4, 0.5) is 13.6 Å².